The number of allylic oxidation sites excluding steroid dienone is 1. The lowest BCUT2D eigenvalue weighted by Gasteiger charge is -2.31. The fourth-order valence-electron chi connectivity index (χ4n) is 5.06. The van der Waals surface area contributed by atoms with Crippen molar-refractivity contribution >= 4 is 29.0 Å². The van der Waals surface area contributed by atoms with Gasteiger partial charge in [-0.2, -0.15) is 4.98 Å². The SMILES string of the molecule is N=C/C(=C\NCCN1CCOCC1)c1ccc2ncc(C(=O)Nc3cc(-c4noc(C5CC(F)(F)C5)n4)ccc3F)n2c1. The molecule has 1 saturated carbocycles. The van der Waals surface area contributed by atoms with Crippen molar-refractivity contribution in [1.29, 1.82) is 5.41 Å². The summed E-state index contributed by atoms with van der Waals surface area (Å²) in [7, 11) is 0. The Labute approximate surface area is 244 Å². The van der Waals surface area contributed by atoms with Crippen LogP contribution in [0.15, 0.2) is 53.4 Å². The van der Waals surface area contributed by atoms with Crippen LogP contribution in [-0.4, -0.2) is 81.9 Å². The Morgan fingerprint density at radius 3 is 2.77 bits per heavy atom. The molecule has 43 heavy (non-hydrogen) atoms. The number of fused-ring (bicyclic) bond motifs is 1. The molecular formula is C29H29F3N8O3. The summed E-state index contributed by atoms with van der Waals surface area (Å²) in [5.74, 6) is -4.36. The van der Waals surface area contributed by atoms with Gasteiger partial charge in [-0.1, -0.05) is 5.16 Å². The minimum atomic E-state index is -2.73. The maximum absolute atomic E-state index is 14.7. The summed E-state index contributed by atoms with van der Waals surface area (Å²) in [6.07, 6.45) is 5.33. The molecule has 11 nitrogen and oxygen atoms in total. The molecular weight excluding hydrogens is 565 g/mol. The molecule has 14 heteroatoms. The van der Waals surface area contributed by atoms with Crippen molar-refractivity contribution in [3.05, 3.63) is 71.9 Å². The van der Waals surface area contributed by atoms with E-state index in [2.05, 4.69) is 30.7 Å². The number of alkyl halides is 2. The molecule has 4 heterocycles. The number of nitrogens with zero attached hydrogens (tertiary/aromatic N) is 5. The lowest BCUT2D eigenvalue weighted by molar-refractivity contribution is -0.0925. The Bertz CT molecular complexity index is 1670. The van der Waals surface area contributed by atoms with Crippen molar-refractivity contribution in [2.75, 3.05) is 44.7 Å². The van der Waals surface area contributed by atoms with Crippen molar-refractivity contribution in [2.45, 2.75) is 24.7 Å². The predicted octanol–water partition coefficient (Wildman–Crippen LogP) is 4.20. The van der Waals surface area contributed by atoms with Crippen LogP contribution in [0.5, 0.6) is 0 Å². The monoisotopic (exact) mass is 594 g/mol. The average Bonchev–Trinajstić information content (AvgIpc) is 3.65. The van der Waals surface area contributed by atoms with E-state index < -0.39 is 23.6 Å². The minimum Gasteiger partial charge on any atom is -0.389 e. The molecule has 0 unspecified atom stereocenters. The smallest absolute Gasteiger partial charge is 0.274 e. The molecule has 2 aliphatic rings. The molecule has 6 rings (SSSR count). The van der Waals surface area contributed by atoms with E-state index in [9.17, 15) is 18.0 Å². The molecule has 1 aromatic carbocycles. The average molecular weight is 595 g/mol. The van der Waals surface area contributed by atoms with Gasteiger partial charge >= 0.3 is 0 Å². The third-order valence-corrected chi connectivity index (χ3v) is 7.51. The number of anilines is 1. The second kappa shape index (κ2) is 12.0. The van der Waals surface area contributed by atoms with E-state index in [1.54, 1.807) is 28.9 Å². The summed E-state index contributed by atoms with van der Waals surface area (Å²) in [6, 6.07) is 7.44. The number of benzene rings is 1. The van der Waals surface area contributed by atoms with Crippen molar-refractivity contribution in [1.82, 2.24) is 29.7 Å². The Morgan fingerprint density at radius 1 is 1.19 bits per heavy atom. The number of hydrogen-bond acceptors (Lipinski definition) is 9. The summed E-state index contributed by atoms with van der Waals surface area (Å²) in [5.41, 5.74) is 2.15. The topological polar surface area (TPSA) is 134 Å². The van der Waals surface area contributed by atoms with Crippen LogP contribution in [-0.2, 0) is 4.74 Å². The number of morpholine rings is 1. The van der Waals surface area contributed by atoms with Gasteiger partial charge in [0.25, 0.3) is 5.91 Å². The molecule has 4 aromatic rings. The van der Waals surface area contributed by atoms with Crippen LogP contribution < -0.4 is 10.6 Å². The first-order valence-electron chi connectivity index (χ1n) is 13.8. The molecule has 224 valence electrons. The summed E-state index contributed by atoms with van der Waals surface area (Å²) in [5, 5.41) is 17.6. The Kier molecular flexibility index (Phi) is 7.95. The van der Waals surface area contributed by atoms with E-state index in [4.69, 9.17) is 14.7 Å². The van der Waals surface area contributed by atoms with Gasteiger partial charge in [-0.15, -0.1) is 0 Å². The molecule has 0 spiro atoms. The number of carbonyl (C=O) groups is 1. The Morgan fingerprint density at radius 2 is 2.00 bits per heavy atom. The van der Waals surface area contributed by atoms with Gasteiger partial charge in [0.05, 0.1) is 25.1 Å². The van der Waals surface area contributed by atoms with Gasteiger partial charge in [0.15, 0.2) is 0 Å². The lowest BCUT2D eigenvalue weighted by Crippen LogP contribution is -2.39. The normalized spacial score (nSPS) is 17.5. The lowest BCUT2D eigenvalue weighted by atomic mass is 9.81. The first-order chi connectivity index (χ1) is 20.8. The number of pyridine rings is 1. The first kappa shape index (κ1) is 28.6. The minimum absolute atomic E-state index is 0.100. The van der Waals surface area contributed by atoms with E-state index >= 15 is 0 Å². The standard InChI is InChI=1S/C29H29F3N8O3/c30-22-3-1-18(26-37-28(43-38-26)20-12-29(31,32)13-20)11-23(22)36-27(41)24-16-35-25-4-2-19(17-40(24)25)21(14-33)15-34-5-6-39-7-9-42-10-8-39/h1-4,11,14-17,20,33-34H,5-10,12-13H2,(H,36,41)/b21-15+,33-14?. The van der Waals surface area contributed by atoms with Gasteiger partial charge in [-0.05, 0) is 30.3 Å². The number of nitrogens with one attached hydrogen (secondary N) is 3. The van der Waals surface area contributed by atoms with E-state index in [1.807, 2.05) is 0 Å². The number of ether oxygens (including phenoxy) is 1. The number of amides is 1. The number of hydrogen-bond donors (Lipinski definition) is 3. The summed E-state index contributed by atoms with van der Waals surface area (Å²) in [4.78, 5) is 24.0. The third kappa shape index (κ3) is 6.29. The van der Waals surface area contributed by atoms with Crippen molar-refractivity contribution in [3.8, 4) is 11.4 Å². The molecule has 1 saturated heterocycles. The van der Waals surface area contributed by atoms with Crippen molar-refractivity contribution in [3.63, 3.8) is 0 Å². The molecule has 1 amide bonds. The van der Waals surface area contributed by atoms with Gasteiger partial charge in [0.1, 0.15) is 17.2 Å². The highest BCUT2D eigenvalue weighted by Gasteiger charge is 2.48. The number of aromatic nitrogens is 4. The highest BCUT2D eigenvalue weighted by atomic mass is 19.3. The molecule has 0 bridgehead atoms. The molecule has 1 aliphatic carbocycles. The summed E-state index contributed by atoms with van der Waals surface area (Å²) < 4.78 is 53.3. The van der Waals surface area contributed by atoms with Crippen LogP contribution in [0.1, 0.15) is 40.7 Å². The zero-order valence-electron chi connectivity index (χ0n) is 23.0. The molecule has 0 atom stereocenters. The van der Waals surface area contributed by atoms with E-state index in [1.165, 1.54) is 24.5 Å². The number of halogens is 3. The van der Waals surface area contributed by atoms with E-state index in [0.717, 1.165) is 38.9 Å². The van der Waals surface area contributed by atoms with Crippen LogP contribution >= 0.6 is 0 Å². The van der Waals surface area contributed by atoms with E-state index in [0.29, 0.717) is 28.9 Å². The fourth-order valence-corrected chi connectivity index (χ4v) is 5.06. The maximum Gasteiger partial charge on any atom is 0.274 e. The summed E-state index contributed by atoms with van der Waals surface area (Å²) in [6.45, 7) is 4.78. The van der Waals surface area contributed by atoms with Gasteiger partial charge in [-0.3, -0.25) is 14.1 Å². The second-order valence-corrected chi connectivity index (χ2v) is 10.5. The van der Waals surface area contributed by atoms with Gasteiger partial charge in [-0.25, -0.2) is 18.2 Å². The Hall–Kier alpha value is -4.56. The zero-order chi connectivity index (χ0) is 30.0. The summed E-state index contributed by atoms with van der Waals surface area (Å²) >= 11 is 0. The van der Waals surface area contributed by atoms with Gasteiger partial charge in [0, 0.05) is 80.2 Å². The van der Waals surface area contributed by atoms with Gasteiger partial charge in [0.2, 0.25) is 17.6 Å². The molecule has 3 N–H and O–H groups in total. The quantitative estimate of drug-likeness (QED) is 0.184. The second-order valence-electron chi connectivity index (χ2n) is 10.5. The van der Waals surface area contributed by atoms with E-state index in [-0.39, 0.29) is 35.9 Å². The number of imidazole rings is 1. The number of rotatable bonds is 10. The first-order valence-corrected chi connectivity index (χ1v) is 13.8. The number of carbonyl (C=O) groups excluding carboxylic acids is 1. The van der Waals surface area contributed by atoms with Crippen LogP contribution in [0.4, 0.5) is 18.9 Å². The van der Waals surface area contributed by atoms with Crippen LogP contribution in [0.25, 0.3) is 22.6 Å². The fraction of sp³-hybridized carbons (Fsp3) is 0.345. The molecule has 2 fully saturated rings. The third-order valence-electron chi connectivity index (χ3n) is 7.51. The largest absolute Gasteiger partial charge is 0.389 e. The maximum atomic E-state index is 14.7. The molecule has 3 aromatic heterocycles. The zero-order valence-corrected chi connectivity index (χ0v) is 23.0. The van der Waals surface area contributed by atoms with Crippen LogP contribution in [0.2, 0.25) is 0 Å². The van der Waals surface area contributed by atoms with Gasteiger partial charge < -0.3 is 25.3 Å². The molecule has 1 aliphatic heterocycles. The van der Waals surface area contributed by atoms with Crippen molar-refractivity contribution < 1.29 is 27.2 Å². The van der Waals surface area contributed by atoms with Crippen molar-refractivity contribution in [2.24, 2.45) is 0 Å². The highest BCUT2D eigenvalue weighted by molar-refractivity contribution is 6.08. The predicted molar refractivity (Wildman–Crippen MR) is 152 cm³/mol. The van der Waals surface area contributed by atoms with Crippen LogP contribution in [0.3, 0.4) is 0 Å². The Balaban J connectivity index is 1.16. The molecule has 0 radical (unpaired) electrons. The van der Waals surface area contributed by atoms with Crippen LogP contribution in [0, 0.1) is 11.2 Å². The highest BCUT2D eigenvalue weighted by Crippen LogP contribution is 2.48.